The van der Waals surface area contributed by atoms with Crippen molar-refractivity contribution in [2.45, 2.75) is 32.6 Å². The van der Waals surface area contributed by atoms with Gasteiger partial charge in [0, 0.05) is 0 Å². The lowest BCUT2D eigenvalue weighted by molar-refractivity contribution is 0.0982. The molecule has 0 saturated carbocycles. The average molecular weight is 241 g/mol. The number of hydrogen-bond acceptors (Lipinski definition) is 2. The molecule has 0 spiro atoms. The van der Waals surface area contributed by atoms with Crippen molar-refractivity contribution in [1.82, 2.24) is 0 Å². The fourth-order valence-electron chi connectivity index (χ4n) is 1.47. The van der Waals surface area contributed by atoms with Gasteiger partial charge in [-0.1, -0.05) is 18.6 Å². The van der Waals surface area contributed by atoms with E-state index >= 15 is 0 Å². The van der Waals surface area contributed by atoms with Crippen molar-refractivity contribution in [2.24, 2.45) is 0 Å². The number of hydrogen-bond donors (Lipinski definition) is 0. The van der Waals surface area contributed by atoms with Crippen LogP contribution in [0, 0.1) is 6.92 Å². The van der Waals surface area contributed by atoms with Crippen LogP contribution >= 0.6 is 11.6 Å². The first-order chi connectivity index (χ1) is 7.60. The fourth-order valence-corrected chi connectivity index (χ4v) is 1.59. The zero-order valence-corrected chi connectivity index (χ0v) is 10.7. The van der Waals surface area contributed by atoms with Gasteiger partial charge in [0.1, 0.15) is 5.75 Å². The minimum Gasteiger partial charge on any atom is -0.493 e. The van der Waals surface area contributed by atoms with Crippen LogP contribution in [0.4, 0.5) is 0 Å². The second kappa shape index (κ2) is 5.90. The number of ketones is 1. The molecule has 0 amide bonds. The highest BCUT2D eigenvalue weighted by atomic mass is 35.5. The van der Waals surface area contributed by atoms with Gasteiger partial charge in [-0.2, -0.15) is 0 Å². The summed E-state index contributed by atoms with van der Waals surface area (Å²) in [4.78, 5) is 12.0. The largest absolute Gasteiger partial charge is 0.493 e. The summed E-state index contributed by atoms with van der Waals surface area (Å²) < 4.78 is 5.43. The first kappa shape index (κ1) is 13.0. The SMILES string of the molecule is CCOc1ccc(C)cc1C(=O)C(Cl)CC. The number of Topliss-reactive ketones (excluding diaryl/α,β-unsaturated/α-hetero) is 1. The number of carbonyl (C=O) groups is 1. The summed E-state index contributed by atoms with van der Waals surface area (Å²) in [7, 11) is 0. The molecule has 1 unspecified atom stereocenters. The van der Waals surface area contributed by atoms with Gasteiger partial charge in [-0.05, 0) is 32.4 Å². The van der Waals surface area contributed by atoms with E-state index in [1.807, 2.05) is 39.0 Å². The van der Waals surface area contributed by atoms with Gasteiger partial charge >= 0.3 is 0 Å². The zero-order chi connectivity index (χ0) is 12.1. The minimum absolute atomic E-state index is 0.0590. The molecule has 1 aromatic carbocycles. The Morgan fingerprint density at radius 1 is 1.44 bits per heavy atom. The molecule has 2 nitrogen and oxygen atoms in total. The maximum Gasteiger partial charge on any atom is 0.184 e. The van der Waals surface area contributed by atoms with E-state index in [0.717, 1.165) is 5.56 Å². The maximum atomic E-state index is 12.0. The van der Waals surface area contributed by atoms with Gasteiger partial charge in [-0.3, -0.25) is 4.79 Å². The molecule has 88 valence electrons. The van der Waals surface area contributed by atoms with E-state index in [2.05, 4.69) is 0 Å². The highest BCUT2D eigenvalue weighted by molar-refractivity contribution is 6.34. The Kier molecular flexibility index (Phi) is 4.81. The van der Waals surface area contributed by atoms with Crippen molar-refractivity contribution >= 4 is 17.4 Å². The number of aryl methyl sites for hydroxylation is 1. The van der Waals surface area contributed by atoms with E-state index in [4.69, 9.17) is 16.3 Å². The third-order valence-electron chi connectivity index (χ3n) is 2.34. The lowest BCUT2D eigenvalue weighted by Crippen LogP contribution is -2.15. The van der Waals surface area contributed by atoms with Crippen LogP contribution in [-0.2, 0) is 0 Å². The van der Waals surface area contributed by atoms with E-state index in [1.165, 1.54) is 0 Å². The summed E-state index contributed by atoms with van der Waals surface area (Å²) >= 11 is 5.97. The van der Waals surface area contributed by atoms with Crippen LogP contribution in [0.1, 0.15) is 36.2 Å². The summed E-state index contributed by atoms with van der Waals surface area (Å²) in [5.41, 5.74) is 1.62. The second-order valence-corrected chi connectivity index (χ2v) is 4.20. The maximum absolute atomic E-state index is 12.0. The van der Waals surface area contributed by atoms with E-state index in [9.17, 15) is 4.79 Å². The molecule has 1 rings (SSSR count). The van der Waals surface area contributed by atoms with E-state index in [-0.39, 0.29) is 5.78 Å². The Morgan fingerprint density at radius 2 is 2.12 bits per heavy atom. The molecule has 3 heteroatoms. The summed E-state index contributed by atoms with van der Waals surface area (Å²) in [5.74, 6) is 0.563. The normalized spacial score (nSPS) is 12.2. The molecule has 1 atom stereocenters. The van der Waals surface area contributed by atoms with Crippen LogP contribution in [-0.4, -0.2) is 17.8 Å². The molecule has 0 saturated heterocycles. The molecule has 0 heterocycles. The third kappa shape index (κ3) is 2.99. The van der Waals surface area contributed by atoms with Gasteiger partial charge in [-0.25, -0.2) is 0 Å². The number of rotatable bonds is 5. The van der Waals surface area contributed by atoms with Gasteiger partial charge in [0.15, 0.2) is 5.78 Å². The van der Waals surface area contributed by atoms with Crippen molar-refractivity contribution in [3.05, 3.63) is 29.3 Å². The monoisotopic (exact) mass is 240 g/mol. The van der Waals surface area contributed by atoms with Gasteiger partial charge in [0.05, 0.1) is 17.5 Å². The summed E-state index contributed by atoms with van der Waals surface area (Å²) in [6, 6.07) is 5.58. The predicted molar refractivity (Wildman–Crippen MR) is 66.6 cm³/mol. The molecule has 0 bridgehead atoms. The molecule has 0 fully saturated rings. The van der Waals surface area contributed by atoms with Crippen molar-refractivity contribution in [3.8, 4) is 5.75 Å². The van der Waals surface area contributed by atoms with Crippen molar-refractivity contribution in [3.63, 3.8) is 0 Å². The van der Waals surface area contributed by atoms with Crippen LogP contribution in [0.15, 0.2) is 18.2 Å². The highest BCUT2D eigenvalue weighted by Gasteiger charge is 2.19. The number of carbonyl (C=O) groups excluding carboxylic acids is 1. The van der Waals surface area contributed by atoms with Crippen molar-refractivity contribution in [1.29, 1.82) is 0 Å². The number of halogens is 1. The molecular weight excluding hydrogens is 224 g/mol. The lowest BCUT2D eigenvalue weighted by atomic mass is 10.0. The third-order valence-corrected chi connectivity index (χ3v) is 2.85. The zero-order valence-electron chi connectivity index (χ0n) is 9.92. The van der Waals surface area contributed by atoms with Gasteiger partial charge < -0.3 is 4.74 Å². The van der Waals surface area contributed by atoms with E-state index in [1.54, 1.807) is 0 Å². The summed E-state index contributed by atoms with van der Waals surface area (Å²) in [6.45, 7) is 6.28. The molecule has 16 heavy (non-hydrogen) atoms. The van der Waals surface area contributed by atoms with Gasteiger partial charge in [-0.15, -0.1) is 11.6 Å². The van der Waals surface area contributed by atoms with E-state index < -0.39 is 5.38 Å². The fraction of sp³-hybridized carbons (Fsp3) is 0.462. The predicted octanol–water partition coefficient (Wildman–Crippen LogP) is 3.59. The van der Waals surface area contributed by atoms with Gasteiger partial charge in [0.25, 0.3) is 0 Å². The van der Waals surface area contributed by atoms with E-state index in [0.29, 0.717) is 24.3 Å². The summed E-state index contributed by atoms with van der Waals surface area (Å²) in [5, 5.41) is -0.471. The topological polar surface area (TPSA) is 26.3 Å². The Hall–Kier alpha value is -1.02. The van der Waals surface area contributed by atoms with Crippen molar-refractivity contribution in [2.75, 3.05) is 6.61 Å². The van der Waals surface area contributed by atoms with Crippen LogP contribution in [0.2, 0.25) is 0 Å². The molecule has 0 radical (unpaired) electrons. The molecule has 0 aliphatic carbocycles. The van der Waals surface area contributed by atoms with Crippen LogP contribution in [0.3, 0.4) is 0 Å². The Morgan fingerprint density at radius 3 is 2.69 bits per heavy atom. The molecule has 1 aromatic rings. The molecule has 0 aliphatic heterocycles. The second-order valence-electron chi connectivity index (χ2n) is 3.67. The minimum atomic E-state index is -0.471. The Balaban J connectivity index is 3.08. The standard InChI is InChI=1S/C13H17ClO2/c1-4-11(14)13(15)10-8-9(3)6-7-12(10)16-5-2/h6-8,11H,4-5H2,1-3H3. The first-order valence-electron chi connectivity index (χ1n) is 5.51. The summed E-state index contributed by atoms with van der Waals surface area (Å²) in [6.07, 6.45) is 0.625. The first-order valence-corrected chi connectivity index (χ1v) is 5.95. The Labute approximate surface area is 102 Å². The molecule has 0 N–H and O–H groups in total. The number of alkyl halides is 1. The van der Waals surface area contributed by atoms with Crippen LogP contribution in [0.5, 0.6) is 5.75 Å². The molecular formula is C13H17ClO2. The average Bonchev–Trinajstić information content (AvgIpc) is 2.29. The lowest BCUT2D eigenvalue weighted by Gasteiger charge is -2.12. The molecule has 0 aliphatic rings. The Bertz CT molecular complexity index is 374. The quantitative estimate of drug-likeness (QED) is 0.581. The van der Waals surface area contributed by atoms with Crippen molar-refractivity contribution < 1.29 is 9.53 Å². The van der Waals surface area contributed by atoms with Crippen LogP contribution in [0.25, 0.3) is 0 Å². The van der Waals surface area contributed by atoms with Gasteiger partial charge in [0.2, 0.25) is 0 Å². The number of ether oxygens (including phenoxy) is 1. The highest BCUT2D eigenvalue weighted by Crippen LogP contribution is 2.23. The molecule has 0 aromatic heterocycles. The smallest absolute Gasteiger partial charge is 0.184 e. The van der Waals surface area contributed by atoms with Crippen LogP contribution < -0.4 is 4.74 Å². The number of benzene rings is 1.